The van der Waals surface area contributed by atoms with Crippen molar-refractivity contribution in [1.82, 2.24) is 0 Å². The standard InChI is InChI=1S/C14H16O3/c1-9(2)10-3-5-11(6-4-10)12-7-8-13(15)17-14(12)16/h3-6,9,12H,7-8H2,1-2H3. The van der Waals surface area contributed by atoms with Gasteiger partial charge in [-0.3, -0.25) is 9.59 Å². The molecule has 1 aliphatic heterocycles. The van der Waals surface area contributed by atoms with Crippen molar-refractivity contribution in [3.8, 4) is 0 Å². The lowest BCUT2D eigenvalue weighted by Crippen LogP contribution is -2.26. The number of benzene rings is 1. The first-order valence-electron chi connectivity index (χ1n) is 5.92. The molecular weight excluding hydrogens is 216 g/mol. The van der Waals surface area contributed by atoms with Crippen molar-refractivity contribution in [1.29, 1.82) is 0 Å². The Morgan fingerprint density at radius 1 is 1.18 bits per heavy atom. The van der Waals surface area contributed by atoms with E-state index in [4.69, 9.17) is 0 Å². The summed E-state index contributed by atoms with van der Waals surface area (Å²) in [7, 11) is 0. The Morgan fingerprint density at radius 3 is 2.35 bits per heavy atom. The predicted octanol–water partition coefficient (Wildman–Crippen LogP) is 2.76. The molecular formula is C14H16O3. The highest BCUT2D eigenvalue weighted by molar-refractivity contribution is 5.92. The molecule has 1 saturated heterocycles. The summed E-state index contributed by atoms with van der Waals surface area (Å²) in [6.45, 7) is 4.26. The Kier molecular flexibility index (Phi) is 3.27. The molecule has 0 aliphatic carbocycles. The first kappa shape index (κ1) is 11.8. The van der Waals surface area contributed by atoms with E-state index in [-0.39, 0.29) is 5.92 Å². The van der Waals surface area contributed by atoms with Crippen LogP contribution in [0.2, 0.25) is 0 Å². The van der Waals surface area contributed by atoms with Gasteiger partial charge in [-0.05, 0) is 23.5 Å². The number of esters is 2. The van der Waals surface area contributed by atoms with Crippen molar-refractivity contribution in [3.63, 3.8) is 0 Å². The van der Waals surface area contributed by atoms with Crippen LogP contribution in [0.15, 0.2) is 24.3 Å². The monoisotopic (exact) mass is 232 g/mol. The predicted molar refractivity (Wildman–Crippen MR) is 63.6 cm³/mol. The molecule has 1 unspecified atom stereocenters. The fraction of sp³-hybridized carbons (Fsp3) is 0.429. The Bertz CT molecular complexity index is 431. The molecule has 0 aromatic heterocycles. The minimum atomic E-state index is -0.418. The summed E-state index contributed by atoms with van der Waals surface area (Å²) in [5.41, 5.74) is 2.18. The summed E-state index contributed by atoms with van der Waals surface area (Å²) in [5, 5.41) is 0. The van der Waals surface area contributed by atoms with Crippen molar-refractivity contribution < 1.29 is 14.3 Å². The fourth-order valence-electron chi connectivity index (χ4n) is 2.03. The molecule has 0 N–H and O–H groups in total. The maximum atomic E-state index is 11.6. The number of hydrogen-bond donors (Lipinski definition) is 0. The molecule has 0 radical (unpaired) electrons. The second-order valence-corrected chi connectivity index (χ2v) is 4.71. The largest absolute Gasteiger partial charge is 0.393 e. The summed E-state index contributed by atoms with van der Waals surface area (Å²) in [4.78, 5) is 22.5. The van der Waals surface area contributed by atoms with Crippen LogP contribution in [-0.2, 0) is 14.3 Å². The lowest BCUT2D eigenvalue weighted by molar-refractivity contribution is -0.164. The zero-order valence-electron chi connectivity index (χ0n) is 10.1. The third kappa shape index (κ3) is 2.54. The zero-order chi connectivity index (χ0) is 12.4. The van der Waals surface area contributed by atoms with E-state index in [1.54, 1.807) is 0 Å². The van der Waals surface area contributed by atoms with Gasteiger partial charge >= 0.3 is 11.9 Å². The number of carbonyl (C=O) groups excluding carboxylic acids is 2. The molecule has 1 aromatic carbocycles. The van der Waals surface area contributed by atoms with Gasteiger partial charge in [0.2, 0.25) is 0 Å². The second kappa shape index (κ2) is 4.70. The van der Waals surface area contributed by atoms with Gasteiger partial charge in [0.15, 0.2) is 0 Å². The molecule has 2 rings (SSSR count). The van der Waals surface area contributed by atoms with E-state index in [2.05, 4.69) is 18.6 Å². The summed E-state index contributed by atoms with van der Waals surface area (Å²) in [6, 6.07) is 7.97. The number of rotatable bonds is 2. The summed E-state index contributed by atoms with van der Waals surface area (Å²) < 4.78 is 4.65. The van der Waals surface area contributed by atoms with Gasteiger partial charge < -0.3 is 4.74 Å². The maximum Gasteiger partial charge on any atom is 0.321 e. The minimum absolute atomic E-state index is 0.283. The molecule has 1 aromatic rings. The van der Waals surface area contributed by atoms with Crippen LogP contribution in [0.5, 0.6) is 0 Å². The van der Waals surface area contributed by atoms with Crippen LogP contribution >= 0.6 is 0 Å². The van der Waals surface area contributed by atoms with Crippen LogP contribution in [0, 0.1) is 0 Å². The fourth-order valence-corrected chi connectivity index (χ4v) is 2.03. The van der Waals surface area contributed by atoms with Gasteiger partial charge in [0.05, 0.1) is 5.92 Å². The smallest absolute Gasteiger partial charge is 0.321 e. The van der Waals surface area contributed by atoms with Crippen LogP contribution < -0.4 is 0 Å². The highest BCUT2D eigenvalue weighted by Crippen LogP contribution is 2.28. The molecule has 1 aliphatic rings. The summed E-state index contributed by atoms with van der Waals surface area (Å²) in [6.07, 6.45) is 0.876. The Labute approximate surface area is 101 Å². The van der Waals surface area contributed by atoms with Gasteiger partial charge in [-0.1, -0.05) is 38.1 Å². The Morgan fingerprint density at radius 2 is 1.82 bits per heavy atom. The maximum absolute atomic E-state index is 11.6. The Hall–Kier alpha value is -1.64. The van der Waals surface area contributed by atoms with Crippen LogP contribution in [0.4, 0.5) is 0 Å². The van der Waals surface area contributed by atoms with E-state index in [9.17, 15) is 9.59 Å². The van der Waals surface area contributed by atoms with Gasteiger partial charge in [-0.25, -0.2) is 0 Å². The molecule has 1 atom stereocenters. The van der Waals surface area contributed by atoms with E-state index >= 15 is 0 Å². The van der Waals surface area contributed by atoms with Gasteiger partial charge in [0.1, 0.15) is 0 Å². The molecule has 0 bridgehead atoms. The zero-order valence-corrected chi connectivity index (χ0v) is 10.1. The van der Waals surface area contributed by atoms with Crippen LogP contribution in [0.3, 0.4) is 0 Å². The molecule has 0 spiro atoms. The van der Waals surface area contributed by atoms with E-state index in [1.807, 2.05) is 24.3 Å². The average molecular weight is 232 g/mol. The number of hydrogen-bond acceptors (Lipinski definition) is 3. The van der Waals surface area contributed by atoms with Crippen LogP contribution in [0.1, 0.15) is 49.7 Å². The van der Waals surface area contributed by atoms with Gasteiger partial charge in [0, 0.05) is 6.42 Å². The van der Waals surface area contributed by atoms with E-state index in [0.29, 0.717) is 18.8 Å². The summed E-state index contributed by atoms with van der Waals surface area (Å²) in [5.74, 6) is -0.638. The Balaban J connectivity index is 2.17. The van der Waals surface area contributed by atoms with Gasteiger partial charge in [-0.15, -0.1) is 0 Å². The van der Waals surface area contributed by atoms with Gasteiger partial charge in [-0.2, -0.15) is 0 Å². The van der Waals surface area contributed by atoms with Crippen LogP contribution in [0.25, 0.3) is 0 Å². The van der Waals surface area contributed by atoms with Crippen molar-refractivity contribution >= 4 is 11.9 Å². The normalized spacial score (nSPS) is 20.5. The molecule has 3 nitrogen and oxygen atoms in total. The average Bonchev–Trinajstić information content (AvgIpc) is 2.29. The van der Waals surface area contributed by atoms with E-state index in [0.717, 1.165) is 5.56 Å². The number of carbonyl (C=O) groups is 2. The first-order chi connectivity index (χ1) is 8.08. The molecule has 1 fully saturated rings. The highest BCUT2D eigenvalue weighted by atomic mass is 16.6. The molecule has 90 valence electrons. The van der Waals surface area contributed by atoms with E-state index in [1.165, 1.54) is 5.56 Å². The highest BCUT2D eigenvalue weighted by Gasteiger charge is 2.30. The first-order valence-corrected chi connectivity index (χ1v) is 5.92. The van der Waals surface area contributed by atoms with Gasteiger partial charge in [0.25, 0.3) is 0 Å². The molecule has 17 heavy (non-hydrogen) atoms. The second-order valence-electron chi connectivity index (χ2n) is 4.71. The third-order valence-electron chi connectivity index (χ3n) is 3.14. The number of ether oxygens (including phenoxy) is 1. The quantitative estimate of drug-likeness (QED) is 0.581. The minimum Gasteiger partial charge on any atom is -0.393 e. The number of cyclic esters (lactones) is 2. The van der Waals surface area contributed by atoms with E-state index < -0.39 is 11.9 Å². The SMILES string of the molecule is CC(C)c1ccc(C2CCC(=O)OC2=O)cc1. The van der Waals surface area contributed by atoms with Crippen LogP contribution in [-0.4, -0.2) is 11.9 Å². The molecule has 0 amide bonds. The molecule has 1 heterocycles. The lowest BCUT2D eigenvalue weighted by atomic mass is 9.91. The van der Waals surface area contributed by atoms with Crippen molar-refractivity contribution in [3.05, 3.63) is 35.4 Å². The van der Waals surface area contributed by atoms with Crippen molar-refractivity contribution in [2.24, 2.45) is 0 Å². The van der Waals surface area contributed by atoms with Crippen molar-refractivity contribution in [2.45, 2.75) is 38.5 Å². The summed E-state index contributed by atoms with van der Waals surface area (Å²) >= 11 is 0. The topological polar surface area (TPSA) is 43.4 Å². The third-order valence-corrected chi connectivity index (χ3v) is 3.14. The lowest BCUT2D eigenvalue weighted by Gasteiger charge is -2.20. The molecule has 0 saturated carbocycles. The van der Waals surface area contributed by atoms with Crippen molar-refractivity contribution in [2.75, 3.05) is 0 Å². The molecule has 3 heteroatoms.